The van der Waals surface area contributed by atoms with Crippen LogP contribution in [-0.2, 0) is 11.2 Å². The van der Waals surface area contributed by atoms with Gasteiger partial charge in [-0.05, 0) is 24.8 Å². The van der Waals surface area contributed by atoms with E-state index in [-0.39, 0.29) is 11.3 Å². The number of halogens is 1. The first-order valence-electron chi connectivity index (χ1n) is 6.67. The molecule has 1 rings (SSSR count). The number of hydrogen-bond donors (Lipinski definition) is 1. The Bertz CT molecular complexity index is 340. The fourth-order valence-electron chi connectivity index (χ4n) is 1.83. The monoisotopic (exact) mass is 267 g/mol. The summed E-state index contributed by atoms with van der Waals surface area (Å²) in [6.45, 7) is 2.68. The van der Waals surface area contributed by atoms with Crippen molar-refractivity contribution in [3.63, 3.8) is 0 Å². The van der Waals surface area contributed by atoms with E-state index in [1.165, 1.54) is 5.56 Å². The smallest absolute Gasteiger partial charge is 0.220 e. The standard InChI is InChI=1S/C15H22ClNO/c1-2-7-14(16)12-17-15(18)11-6-10-13-8-4-3-5-9-13/h3-5,8-9,14H,2,6-7,10-12H2,1H3,(H,17,18). The Morgan fingerprint density at radius 3 is 2.72 bits per heavy atom. The van der Waals surface area contributed by atoms with Crippen molar-refractivity contribution in [3.05, 3.63) is 35.9 Å². The lowest BCUT2D eigenvalue weighted by Crippen LogP contribution is -2.29. The van der Waals surface area contributed by atoms with Gasteiger partial charge >= 0.3 is 0 Å². The molecule has 1 atom stereocenters. The van der Waals surface area contributed by atoms with Crippen LogP contribution in [0.4, 0.5) is 0 Å². The fourth-order valence-corrected chi connectivity index (χ4v) is 2.12. The third kappa shape index (κ3) is 6.65. The van der Waals surface area contributed by atoms with Crippen LogP contribution in [0.25, 0.3) is 0 Å². The second kappa shape index (κ2) is 8.98. The van der Waals surface area contributed by atoms with E-state index in [1.807, 2.05) is 18.2 Å². The lowest BCUT2D eigenvalue weighted by molar-refractivity contribution is -0.121. The Kier molecular flexibility index (Phi) is 7.51. The molecule has 0 aliphatic carbocycles. The van der Waals surface area contributed by atoms with Gasteiger partial charge in [-0.3, -0.25) is 4.79 Å². The lowest BCUT2D eigenvalue weighted by Gasteiger charge is -2.09. The summed E-state index contributed by atoms with van der Waals surface area (Å²) in [6, 6.07) is 10.2. The Labute approximate surface area is 115 Å². The average molecular weight is 268 g/mol. The Hall–Kier alpha value is -1.02. The molecule has 100 valence electrons. The van der Waals surface area contributed by atoms with Crippen LogP contribution in [0.1, 0.15) is 38.2 Å². The Morgan fingerprint density at radius 2 is 2.06 bits per heavy atom. The number of amides is 1. The number of benzene rings is 1. The molecule has 1 aromatic rings. The van der Waals surface area contributed by atoms with Crippen LogP contribution in [0.2, 0.25) is 0 Å². The summed E-state index contributed by atoms with van der Waals surface area (Å²) in [7, 11) is 0. The molecule has 0 radical (unpaired) electrons. The van der Waals surface area contributed by atoms with Gasteiger partial charge in [0.2, 0.25) is 5.91 Å². The van der Waals surface area contributed by atoms with E-state index in [2.05, 4.69) is 24.4 Å². The van der Waals surface area contributed by atoms with Crippen molar-refractivity contribution < 1.29 is 4.79 Å². The second-order valence-corrected chi connectivity index (χ2v) is 5.15. The molecule has 3 heteroatoms. The van der Waals surface area contributed by atoms with Crippen molar-refractivity contribution in [3.8, 4) is 0 Å². The van der Waals surface area contributed by atoms with E-state index in [4.69, 9.17) is 11.6 Å². The number of carbonyl (C=O) groups excluding carboxylic acids is 1. The van der Waals surface area contributed by atoms with Crippen molar-refractivity contribution in [2.24, 2.45) is 0 Å². The number of rotatable bonds is 8. The van der Waals surface area contributed by atoms with Gasteiger partial charge in [0.1, 0.15) is 0 Å². The molecule has 0 saturated carbocycles. The normalized spacial score (nSPS) is 12.1. The molecule has 0 spiro atoms. The third-order valence-electron chi connectivity index (χ3n) is 2.83. The van der Waals surface area contributed by atoms with E-state index in [1.54, 1.807) is 0 Å². The van der Waals surface area contributed by atoms with Crippen LogP contribution in [0.3, 0.4) is 0 Å². The first-order chi connectivity index (χ1) is 8.72. The number of carbonyl (C=O) groups is 1. The number of alkyl halides is 1. The van der Waals surface area contributed by atoms with Crippen LogP contribution in [-0.4, -0.2) is 17.8 Å². The van der Waals surface area contributed by atoms with Gasteiger partial charge in [0, 0.05) is 13.0 Å². The molecule has 1 unspecified atom stereocenters. The van der Waals surface area contributed by atoms with Gasteiger partial charge in [0.25, 0.3) is 0 Å². The molecule has 0 aliphatic rings. The van der Waals surface area contributed by atoms with E-state index in [0.717, 1.165) is 25.7 Å². The molecular weight excluding hydrogens is 246 g/mol. The molecule has 1 N–H and O–H groups in total. The van der Waals surface area contributed by atoms with Gasteiger partial charge in [-0.2, -0.15) is 0 Å². The summed E-state index contributed by atoms with van der Waals surface area (Å²) in [5.74, 6) is 0.104. The van der Waals surface area contributed by atoms with E-state index in [9.17, 15) is 4.79 Å². The Morgan fingerprint density at radius 1 is 1.33 bits per heavy atom. The molecule has 2 nitrogen and oxygen atoms in total. The first kappa shape index (κ1) is 15.0. The van der Waals surface area contributed by atoms with E-state index >= 15 is 0 Å². The summed E-state index contributed by atoms with van der Waals surface area (Å²) >= 11 is 6.04. The van der Waals surface area contributed by atoms with Crippen LogP contribution in [0.5, 0.6) is 0 Å². The zero-order valence-corrected chi connectivity index (χ0v) is 11.7. The third-order valence-corrected chi connectivity index (χ3v) is 3.21. The van der Waals surface area contributed by atoms with Crippen LogP contribution in [0, 0.1) is 0 Å². The maximum absolute atomic E-state index is 11.6. The van der Waals surface area contributed by atoms with Crippen LogP contribution in [0.15, 0.2) is 30.3 Å². The van der Waals surface area contributed by atoms with Gasteiger partial charge < -0.3 is 5.32 Å². The van der Waals surface area contributed by atoms with Gasteiger partial charge in [0.05, 0.1) is 5.38 Å². The molecule has 0 heterocycles. The van der Waals surface area contributed by atoms with Crippen molar-refractivity contribution >= 4 is 17.5 Å². The number of hydrogen-bond acceptors (Lipinski definition) is 1. The van der Waals surface area contributed by atoms with Crippen molar-refractivity contribution in [1.29, 1.82) is 0 Å². The van der Waals surface area contributed by atoms with Crippen molar-refractivity contribution in [2.45, 2.75) is 44.4 Å². The molecular formula is C15H22ClNO. The molecule has 1 aromatic carbocycles. The maximum atomic E-state index is 11.6. The Balaban J connectivity index is 2.10. The summed E-state index contributed by atoms with van der Waals surface area (Å²) < 4.78 is 0. The van der Waals surface area contributed by atoms with Gasteiger partial charge in [0.15, 0.2) is 0 Å². The summed E-state index contributed by atoms with van der Waals surface area (Å²) in [5.41, 5.74) is 1.28. The average Bonchev–Trinajstić information content (AvgIpc) is 2.38. The number of nitrogens with one attached hydrogen (secondary N) is 1. The zero-order valence-electron chi connectivity index (χ0n) is 11.0. The predicted molar refractivity (Wildman–Crippen MR) is 76.9 cm³/mol. The predicted octanol–water partition coefficient (Wildman–Crippen LogP) is 3.53. The number of aryl methyl sites for hydroxylation is 1. The molecule has 0 fully saturated rings. The highest BCUT2D eigenvalue weighted by Gasteiger charge is 2.06. The topological polar surface area (TPSA) is 29.1 Å². The molecule has 1 amide bonds. The molecule has 0 aliphatic heterocycles. The highest BCUT2D eigenvalue weighted by molar-refractivity contribution is 6.20. The highest BCUT2D eigenvalue weighted by atomic mass is 35.5. The molecule has 0 aromatic heterocycles. The summed E-state index contributed by atoms with van der Waals surface area (Å²) in [6.07, 6.45) is 4.42. The highest BCUT2D eigenvalue weighted by Crippen LogP contribution is 2.05. The van der Waals surface area contributed by atoms with Gasteiger partial charge in [-0.15, -0.1) is 11.6 Å². The minimum absolute atomic E-state index is 0.0630. The minimum atomic E-state index is 0.0630. The van der Waals surface area contributed by atoms with Gasteiger partial charge in [-0.1, -0.05) is 43.7 Å². The molecule has 0 bridgehead atoms. The second-order valence-electron chi connectivity index (χ2n) is 4.53. The van der Waals surface area contributed by atoms with Crippen molar-refractivity contribution in [1.82, 2.24) is 5.32 Å². The largest absolute Gasteiger partial charge is 0.355 e. The summed E-state index contributed by atoms with van der Waals surface area (Å²) in [4.78, 5) is 11.6. The lowest BCUT2D eigenvalue weighted by atomic mass is 10.1. The van der Waals surface area contributed by atoms with E-state index in [0.29, 0.717) is 13.0 Å². The summed E-state index contributed by atoms with van der Waals surface area (Å²) in [5, 5.41) is 2.95. The SMILES string of the molecule is CCCC(Cl)CNC(=O)CCCc1ccccc1. The van der Waals surface area contributed by atoms with E-state index < -0.39 is 0 Å². The molecule has 0 saturated heterocycles. The fraction of sp³-hybridized carbons (Fsp3) is 0.533. The van der Waals surface area contributed by atoms with Crippen LogP contribution >= 0.6 is 11.6 Å². The maximum Gasteiger partial charge on any atom is 0.220 e. The van der Waals surface area contributed by atoms with Crippen molar-refractivity contribution in [2.75, 3.05) is 6.54 Å². The van der Waals surface area contributed by atoms with Crippen LogP contribution < -0.4 is 5.32 Å². The molecule has 18 heavy (non-hydrogen) atoms. The zero-order chi connectivity index (χ0) is 13.2. The quantitative estimate of drug-likeness (QED) is 0.718. The van der Waals surface area contributed by atoms with Gasteiger partial charge in [-0.25, -0.2) is 0 Å². The minimum Gasteiger partial charge on any atom is -0.355 e. The first-order valence-corrected chi connectivity index (χ1v) is 7.10.